The fraction of sp³-hybridized carbons (Fsp3) is 0.182. The maximum atomic E-state index is 14.6. The van der Waals surface area contributed by atoms with E-state index in [9.17, 15) is 9.18 Å². The Morgan fingerprint density at radius 1 is 1.19 bits per heavy atom. The molecule has 1 atom stereocenters. The van der Waals surface area contributed by atoms with Gasteiger partial charge in [-0.3, -0.25) is 9.78 Å². The third-order valence-corrected chi connectivity index (χ3v) is 4.82. The van der Waals surface area contributed by atoms with E-state index in [1.807, 2.05) is 6.92 Å². The van der Waals surface area contributed by atoms with E-state index in [0.717, 1.165) is 5.56 Å². The summed E-state index contributed by atoms with van der Waals surface area (Å²) >= 11 is 0. The Morgan fingerprint density at radius 3 is 2.72 bits per heavy atom. The lowest BCUT2D eigenvalue weighted by atomic mass is 9.95. The third-order valence-electron chi connectivity index (χ3n) is 4.82. The molecule has 0 saturated carbocycles. The monoisotopic (exact) mass is 454 g/mol. The second-order valence-corrected chi connectivity index (χ2v) is 6.79. The lowest BCUT2D eigenvalue weighted by Crippen LogP contribution is -2.19. The highest BCUT2D eigenvalue weighted by atomic mass is 32.1. The number of aromatic nitrogens is 5. The predicted octanol–water partition coefficient (Wildman–Crippen LogP) is 3.31. The van der Waals surface area contributed by atoms with Gasteiger partial charge in [0.25, 0.3) is 5.91 Å². The van der Waals surface area contributed by atoms with Crippen LogP contribution in [-0.2, 0) is 0 Å². The number of carbonyl (C=O) groups is 1. The number of benzene rings is 1. The van der Waals surface area contributed by atoms with Crippen molar-refractivity contribution < 1.29 is 13.3 Å². The van der Waals surface area contributed by atoms with Gasteiger partial charge >= 0.3 is 0 Å². The predicted molar refractivity (Wildman–Crippen MR) is 125 cm³/mol. The van der Waals surface area contributed by atoms with E-state index in [4.69, 9.17) is 4.11 Å². The molecule has 4 aromatic rings. The van der Waals surface area contributed by atoms with Crippen LogP contribution in [0, 0.1) is 5.82 Å². The van der Waals surface area contributed by atoms with Gasteiger partial charge in [0.05, 0.1) is 19.5 Å². The largest absolute Gasteiger partial charge is 0.369 e. The summed E-state index contributed by atoms with van der Waals surface area (Å²) < 4.78 is 38.0. The van der Waals surface area contributed by atoms with Crippen LogP contribution < -0.4 is 10.6 Å². The van der Waals surface area contributed by atoms with E-state index in [2.05, 4.69) is 35.6 Å². The van der Waals surface area contributed by atoms with Gasteiger partial charge in [0.15, 0.2) is 0 Å². The molecule has 0 spiro atoms. The number of halogens is 1. The molecule has 2 N–H and O–H groups in total. The van der Waals surface area contributed by atoms with Gasteiger partial charge in [-0.25, -0.2) is 24.3 Å². The van der Waals surface area contributed by atoms with Gasteiger partial charge in [0.1, 0.15) is 25.6 Å². The van der Waals surface area contributed by atoms with E-state index in [0.29, 0.717) is 17.9 Å². The molecule has 0 unspecified atom stereocenters. The van der Waals surface area contributed by atoms with Crippen LogP contribution in [0.15, 0.2) is 55.4 Å². The van der Waals surface area contributed by atoms with Gasteiger partial charge in [-0.2, -0.15) is 13.5 Å². The molecule has 8 nitrogen and oxygen atoms in total. The van der Waals surface area contributed by atoms with Gasteiger partial charge in [-0.1, -0.05) is 13.0 Å². The molecule has 1 amide bonds. The molecular weight excluding hydrogens is 429 g/mol. The SMILES string of the molecule is S.[2H]c1nc([2H])c(-c2cc(NC[C@@H](C)c3ccc(F)c4c(C(=O)NC)ccnc34)ncn2)c([2H])n1. The lowest BCUT2D eigenvalue weighted by molar-refractivity contribution is 0.0964. The molecule has 3 aromatic heterocycles. The molecule has 0 radical (unpaired) electrons. The van der Waals surface area contributed by atoms with Crippen molar-refractivity contribution in [1.29, 1.82) is 0 Å². The first-order valence-electron chi connectivity index (χ1n) is 11.0. The van der Waals surface area contributed by atoms with E-state index < -0.39 is 18.0 Å². The number of pyridine rings is 1. The average Bonchev–Trinajstić information content (AvgIpc) is 2.81. The summed E-state index contributed by atoms with van der Waals surface area (Å²) in [6.07, 6.45) is 1.84. The van der Waals surface area contributed by atoms with Crippen LogP contribution in [0.5, 0.6) is 0 Å². The lowest BCUT2D eigenvalue weighted by Gasteiger charge is -2.17. The molecule has 0 bridgehead atoms. The van der Waals surface area contributed by atoms with E-state index in [-0.39, 0.29) is 54.0 Å². The standard InChI is InChI=1S/C22H20FN7O.H2S/c1-13(8-28-19-7-18(29-12-30-19)14-9-25-11-26-10-14)15-3-4-17(23)20-16(22(31)24-2)5-6-27-21(15)20;/h3-7,9-13H,8H2,1-2H3,(H,24,31)(H,28,29,30);1H2/t13-;/m1./s1/i9D,10D,11D;. The maximum absolute atomic E-state index is 14.6. The van der Waals surface area contributed by atoms with Crippen LogP contribution in [0.25, 0.3) is 22.2 Å². The van der Waals surface area contributed by atoms with Crippen molar-refractivity contribution in [2.24, 2.45) is 0 Å². The molecule has 3 heterocycles. The number of hydrogen-bond donors (Lipinski definition) is 2. The summed E-state index contributed by atoms with van der Waals surface area (Å²) in [4.78, 5) is 32.2. The number of nitrogens with zero attached hydrogens (tertiary/aromatic N) is 5. The van der Waals surface area contributed by atoms with Crippen LogP contribution in [-0.4, -0.2) is 44.4 Å². The summed E-state index contributed by atoms with van der Waals surface area (Å²) in [7, 11) is 1.49. The maximum Gasteiger partial charge on any atom is 0.251 e. The van der Waals surface area contributed by atoms with E-state index >= 15 is 0 Å². The van der Waals surface area contributed by atoms with Gasteiger partial charge in [0, 0.05) is 55.1 Å². The van der Waals surface area contributed by atoms with Crippen LogP contribution in [0.2, 0.25) is 0 Å². The molecule has 1 aromatic carbocycles. The van der Waals surface area contributed by atoms with Crippen molar-refractivity contribution >= 4 is 36.1 Å². The normalized spacial score (nSPS) is 12.8. The van der Waals surface area contributed by atoms with Gasteiger partial charge in [-0.05, 0) is 17.7 Å². The van der Waals surface area contributed by atoms with Crippen molar-refractivity contribution in [3.8, 4) is 11.3 Å². The second kappa shape index (κ2) is 10.1. The molecule has 164 valence electrons. The Hall–Kier alpha value is -3.66. The molecule has 0 aliphatic heterocycles. The zero-order valence-electron chi connectivity index (χ0n) is 20.3. The smallest absolute Gasteiger partial charge is 0.251 e. The Bertz CT molecular complexity index is 1390. The topological polar surface area (TPSA) is 106 Å². The Kier molecular flexibility index (Phi) is 6.01. The summed E-state index contributed by atoms with van der Waals surface area (Å²) in [5.74, 6) is -0.619. The third kappa shape index (κ3) is 4.65. The number of anilines is 1. The van der Waals surface area contributed by atoms with Gasteiger partial charge < -0.3 is 10.6 Å². The summed E-state index contributed by atoms with van der Waals surface area (Å²) in [6.45, 7) is 2.33. The molecule has 0 aliphatic rings. The average molecular weight is 455 g/mol. The molecule has 0 fully saturated rings. The molecule has 4 rings (SSSR count). The number of amides is 1. The van der Waals surface area contributed by atoms with Crippen LogP contribution >= 0.6 is 13.5 Å². The first-order valence-corrected chi connectivity index (χ1v) is 9.47. The Morgan fingerprint density at radius 2 is 1.97 bits per heavy atom. The van der Waals surface area contributed by atoms with Crippen molar-refractivity contribution in [3.05, 3.63) is 72.4 Å². The Labute approximate surface area is 195 Å². The second-order valence-electron chi connectivity index (χ2n) is 6.79. The quantitative estimate of drug-likeness (QED) is 0.460. The van der Waals surface area contributed by atoms with E-state index in [1.54, 1.807) is 12.1 Å². The molecular formula is C22H22FN7OS. The highest BCUT2D eigenvalue weighted by Gasteiger charge is 2.18. The highest BCUT2D eigenvalue weighted by Crippen LogP contribution is 2.29. The number of nitrogens with one attached hydrogen (secondary N) is 2. The zero-order chi connectivity index (χ0) is 24.4. The summed E-state index contributed by atoms with van der Waals surface area (Å²) in [6, 6.07) is 6.02. The molecule has 32 heavy (non-hydrogen) atoms. The number of carbonyl (C=O) groups excluding carboxylic acids is 1. The van der Waals surface area contributed by atoms with Crippen LogP contribution in [0.3, 0.4) is 0 Å². The highest BCUT2D eigenvalue weighted by molar-refractivity contribution is 7.59. The minimum Gasteiger partial charge on any atom is -0.369 e. The fourth-order valence-electron chi connectivity index (χ4n) is 3.25. The van der Waals surface area contributed by atoms with Crippen molar-refractivity contribution in [1.82, 2.24) is 30.2 Å². The summed E-state index contributed by atoms with van der Waals surface area (Å²) in [5, 5.41) is 5.86. The fourth-order valence-corrected chi connectivity index (χ4v) is 3.25. The van der Waals surface area contributed by atoms with Gasteiger partial charge in [0.2, 0.25) is 0 Å². The molecule has 0 saturated heterocycles. The number of rotatable bonds is 6. The van der Waals surface area contributed by atoms with Crippen molar-refractivity contribution in [2.75, 3.05) is 18.9 Å². The Balaban J connectivity index is 0.00000342. The van der Waals surface area contributed by atoms with Gasteiger partial charge in [-0.15, -0.1) is 0 Å². The number of hydrogen-bond acceptors (Lipinski definition) is 7. The van der Waals surface area contributed by atoms with Crippen molar-refractivity contribution in [2.45, 2.75) is 12.8 Å². The first-order chi connectivity index (χ1) is 16.3. The first kappa shape index (κ1) is 19.1. The van der Waals surface area contributed by atoms with Crippen LogP contribution in [0.1, 0.15) is 32.9 Å². The summed E-state index contributed by atoms with van der Waals surface area (Å²) in [5.41, 5.74) is 1.76. The van der Waals surface area contributed by atoms with Crippen LogP contribution in [0.4, 0.5) is 10.2 Å². The van der Waals surface area contributed by atoms with Crippen molar-refractivity contribution in [3.63, 3.8) is 0 Å². The minimum absolute atomic E-state index is 0. The molecule has 0 aliphatic carbocycles. The zero-order valence-corrected chi connectivity index (χ0v) is 18.3. The molecule has 10 heteroatoms. The van der Waals surface area contributed by atoms with E-state index in [1.165, 1.54) is 31.7 Å². The number of fused-ring (bicyclic) bond motifs is 1. The minimum atomic E-state index is -0.524.